The molecule has 2 rings (SSSR count). The van der Waals surface area contributed by atoms with Gasteiger partial charge in [0.1, 0.15) is 6.67 Å². The predicted molar refractivity (Wildman–Crippen MR) is 63.1 cm³/mol. The SMILES string of the molecule is CCOC(=O)N1CN=Cc2cc(C)ccc21. The van der Waals surface area contributed by atoms with E-state index in [4.69, 9.17) is 4.74 Å². The predicted octanol–water partition coefficient (Wildman–Crippen LogP) is 2.35. The van der Waals surface area contributed by atoms with Crippen LogP contribution < -0.4 is 4.90 Å². The lowest BCUT2D eigenvalue weighted by Crippen LogP contribution is -2.34. The molecule has 0 radical (unpaired) electrons. The lowest BCUT2D eigenvalue weighted by Gasteiger charge is -2.24. The van der Waals surface area contributed by atoms with Crippen LogP contribution in [0.5, 0.6) is 0 Å². The van der Waals surface area contributed by atoms with Crippen molar-refractivity contribution in [1.82, 2.24) is 0 Å². The molecule has 1 aliphatic rings. The molecule has 16 heavy (non-hydrogen) atoms. The second kappa shape index (κ2) is 4.35. The van der Waals surface area contributed by atoms with E-state index < -0.39 is 0 Å². The van der Waals surface area contributed by atoms with E-state index in [-0.39, 0.29) is 6.09 Å². The average Bonchev–Trinajstić information content (AvgIpc) is 2.28. The van der Waals surface area contributed by atoms with E-state index in [0.717, 1.165) is 16.8 Å². The zero-order valence-corrected chi connectivity index (χ0v) is 9.43. The summed E-state index contributed by atoms with van der Waals surface area (Å²) in [5, 5.41) is 0. The largest absolute Gasteiger partial charge is 0.449 e. The zero-order chi connectivity index (χ0) is 11.5. The fraction of sp³-hybridized carbons (Fsp3) is 0.333. The summed E-state index contributed by atoms with van der Waals surface area (Å²) in [4.78, 5) is 17.4. The first-order chi connectivity index (χ1) is 7.72. The van der Waals surface area contributed by atoms with Crippen LogP contribution in [-0.4, -0.2) is 25.6 Å². The summed E-state index contributed by atoms with van der Waals surface area (Å²) >= 11 is 0. The highest BCUT2D eigenvalue weighted by atomic mass is 16.6. The summed E-state index contributed by atoms with van der Waals surface area (Å²) in [7, 11) is 0. The number of nitrogens with zero attached hydrogens (tertiary/aromatic N) is 2. The molecule has 1 aromatic carbocycles. The number of hydrogen-bond donors (Lipinski definition) is 0. The minimum absolute atomic E-state index is 0.328. The summed E-state index contributed by atoms with van der Waals surface area (Å²) in [6.07, 6.45) is 1.45. The van der Waals surface area contributed by atoms with Crippen LogP contribution >= 0.6 is 0 Å². The first kappa shape index (κ1) is 10.7. The maximum absolute atomic E-state index is 11.7. The molecule has 1 heterocycles. The summed E-state index contributed by atoms with van der Waals surface area (Å²) in [6, 6.07) is 5.90. The van der Waals surface area contributed by atoms with Gasteiger partial charge in [0, 0.05) is 11.8 Å². The summed E-state index contributed by atoms with van der Waals surface area (Å²) in [5.74, 6) is 0. The molecule has 0 atom stereocenters. The zero-order valence-electron chi connectivity index (χ0n) is 9.43. The second-order valence-electron chi connectivity index (χ2n) is 3.64. The van der Waals surface area contributed by atoms with Crippen molar-refractivity contribution in [1.29, 1.82) is 0 Å². The fourth-order valence-corrected chi connectivity index (χ4v) is 1.68. The monoisotopic (exact) mass is 218 g/mol. The van der Waals surface area contributed by atoms with Crippen molar-refractivity contribution in [3.05, 3.63) is 29.3 Å². The molecule has 0 N–H and O–H groups in total. The quantitative estimate of drug-likeness (QED) is 0.726. The maximum Gasteiger partial charge on any atom is 0.415 e. The normalized spacial score (nSPS) is 13.5. The molecule has 0 saturated carbocycles. The third kappa shape index (κ3) is 1.91. The third-order valence-electron chi connectivity index (χ3n) is 2.42. The molecule has 1 aromatic rings. The second-order valence-corrected chi connectivity index (χ2v) is 3.64. The first-order valence-corrected chi connectivity index (χ1v) is 5.27. The van der Waals surface area contributed by atoms with Crippen LogP contribution in [0, 0.1) is 6.92 Å². The summed E-state index contributed by atoms with van der Waals surface area (Å²) in [6.45, 7) is 4.51. The number of ether oxygens (including phenoxy) is 1. The molecule has 0 unspecified atom stereocenters. The molecular formula is C12H14N2O2. The average molecular weight is 218 g/mol. The molecule has 0 aliphatic carbocycles. The molecule has 0 spiro atoms. The molecule has 4 heteroatoms. The lowest BCUT2D eigenvalue weighted by atomic mass is 10.1. The number of hydrogen-bond acceptors (Lipinski definition) is 3. The van der Waals surface area contributed by atoms with E-state index in [9.17, 15) is 4.79 Å². The van der Waals surface area contributed by atoms with Gasteiger partial charge in [-0.25, -0.2) is 4.79 Å². The van der Waals surface area contributed by atoms with Gasteiger partial charge in [-0.05, 0) is 26.0 Å². The van der Waals surface area contributed by atoms with Gasteiger partial charge in [-0.3, -0.25) is 9.89 Å². The number of aliphatic imine (C=N–C) groups is 1. The Labute approximate surface area is 94.5 Å². The molecule has 0 saturated heterocycles. The van der Waals surface area contributed by atoms with E-state index in [1.54, 1.807) is 13.1 Å². The van der Waals surface area contributed by atoms with Gasteiger partial charge in [-0.15, -0.1) is 0 Å². The number of rotatable bonds is 1. The molecule has 1 aliphatic heterocycles. The minimum Gasteiger partial charge on any atom is -0.449 e. The molecule has 84 valence electrons. The number of anilines is 1. The Bertz CT molecular complexity index is 441. The number of carbonyl (C=O) groups excluding carboxylic acids is 1. The Balaban J connectivity index is 2.33. The smallest absolute Gasteiger partial charge is 0.415 e. The number of benzene rings is 1. The van der Waals surface area contributed by atoms with Crippen LogP contribution in [0.1, 0.15) is 18.1 Å². The van der Waals surface area contributed by atoms with Gasteiger partial charge in [-0.2, -0.15) is 0 Å². The van der Waals surface area contributed by atoms with E-state index in [0.29, 0.717) is 13.3 Å². The van der Waals surface area contributed by atoms with Crippen LogP contribution in [-0.2, 0) is 4.74 Å². The maximum atomic E-state index is 11.7. The molecule has 0 bridgehead atoms. The summed E-state index contributed by atoms with van der Waals surface area (Å²) < 4.78 is 4.98. The van der Waals surface area contributed by atoms with Gasteiger partial charge in [0.2, 0.25) is 0 Å². The van der Waals surface area contributed by atoms with Crippen molar-refractivity contribution >= 4 is 18.0 Å². The van der Waals surface area contributed by atoms with E-state index in [2.05, 4.69) is 4.99 Å². The van der Waals surface area contributed by atoms with Crippen molar-refractivity contribution < 1.29 is 9.53 Å². The Kier molecular flexibility index (Phi) is 2.90. The topological polar surface area (TPSA) is 41.9 Å². The van der Waals surface area contributed by atoms with Crippen LogP contribution in [0.4, 0.5) is 10.5 Å². The van der Waals surface area contributed by atoms with Crippen LogP contribution in [0.15, 0.2) is 23.2 Å². The minimum atomic E-state index is -0.343. The highest BCUT2D eigenvalue weighted by Crippen LogP contribution is 2.24. The van der Waals surface area contributed by atoms with Crippen molar-refractivity contribution in [3.63, 3.8) is 0 Å². The number of amides is 1. The van der Waals surface area contributed by atoms with Crippen molar-refractivity contribution in [2.75, 3.05) is 18.2 Å². The molecule has 0 aromatic heterocycles. The third-order valence-corrected chi connectivity index (χ3v) is 2.42. The van der Waals surface area contributed by atoms with Crippen molar-refractivity contribution in [2.24, 2.45) is 4.99 Å². The first-order valence-electron chi connectivity index (χ1n) is 5.27. The van der Waals surface area contributed by atoms with Gasteiger partial charge in [-0.1, -0.05) is 11.6 Å². The Hall–Kier alpha value is -1.84. The van der Waals surface area contributed by atoms with Gasteiger partial charge in [0.25, 0.3) is 0 Å². The van der Waals surface area contributed by atoms with Gasteiger partial charge < -0.3 is 4.74 Å². The van der Waals surface area contributed by atoms with Crippen LogP contribution in [0.25, 0.3) is 0 Å². The van der Waals surface area contributed by atoms with Crippen molar-refractivity contribution in [2.45, 2.75) is 13.8 Å². The van der Waals surface area contributed by atoms with Gasteiger partial charge in [0.05, 0.1) is 12.3 Å². The standard InChI is InChI=1S/C12H14N2O2/c1-3-16-12(15)14-8-13-7-10-6-9(2)4-5-11(10)14/h4-7H,3,8H2,1-2H3. The van der Waals surface area contributed by atoms with Crippen LogP contribution in [0.3, 0.4) is 0 Å². The number of fused-ring (bicyclic) bond motifs is 1. The van der Waals surface area contributed by atoms with Crippen LogP contribution in [0.2, 0.25) is 0 Å². The van der Waals surface area contributed by atoms with Gasteiger partial charge in [0.15, 0.2) is 0 Å². The highest BCUT2D eigenvalue weighted by Gasteiger charge is 2.21. The Morgan fingerprint density at radius 1 is 1.56 bits per heavy atom. The molecular weight excluding hydrogens is 204 g/mol. The highest BCUT2D eigenvalue weighted by molar-refractivity contribution is 5.98. The molecule has 0 fully saturated rings. The van der Waals surface area contributed by atoms with E-state index in [1.807, 2.05) is 25.1 Å². The van der Waals surface area contributed by atoms with Crippen molar-refractivity contribution in [3.8, 4) is 0 Å². The van der Waals surface area contributed by atoms with E-state index >= 15 is 0 Å². The molecule has 4 nitrogen and oxygen atoms in total. The Morgan fingerprint density at radius 3 is 3.12 bits per heavy atom. The van der Waals surface area contributed by atoms with E-state index in [1.165, 1.54) is 4.90 Å². The molecule has 1 amide bonds. The van der Waals surface area contributed by atoms with Gasteiger partial charge >= 0.3 is 6.09 Å². The summed E-state index contributed by atoms with van der Waals surface area (Å²) in [5.41, 5.74) is 2.97. The fourth-order valence-electron chi connectivity index (χ4n) is 1.68. The number of carbonyl (C=O) groups is 1. The number of aryl methyl sites for hydroxylation is 1. The Morgan fingerprint density at radius 2 is 2.38 bits per heavy atom. The lowest BCUT2D eigenvalue weighted by molar-refractivity contribution is 0.160.